The highest BCUT2D eigenvalue weighted by molar-refractivity contribution is 6.37. The molecule has 2 rings (SSSR count). The number of rotatable bonds is 7. The fraction of sp³-hybridized carbons (Fsp3) is 0.0556. The number of benzene rings is 2. The van der Waals surface area contributed by atoms with Crippen molar-refractivity contribution in [2.75, 3.05) is 11.9 Å². The number of carboxylic acid groups (broad SMARTS) is 1. The van der Waals surface area contributed by atoms with E-state index in [4.69, 9.17) is 33.0 Å². The largest absolute Gasteiger partial charge is 0.479 e. The summed E-state index contributed by atoms with van der Waals surface area (Å²) in [5.74, 6) is -2.07. The van der Waals surface area contributed by atoms with Crippen LogP contribution in [0.1, 0.15) is 5.56 Å². The number of nitro groups is 1. The molecule has 0 radical (unpaired) electrons. The number of non-ortho nitro benzene ring substituents is 1. The van der Waals surface area contributed by atoms with Crippen molar-refractivity contribution in [1.82, 2.24) is 0 Å². The van der Waals surface area contributed by atoms with Crippen molar-refractivity contribution in [1.29, 1.82) is 5.26 Å². The van der Waals surface area contributed by atoms with Crippen LogP contribution in [-0.4, -0.2) is 28.5 Å². The Hall–Kier alpha value is -3.61. The van der Waals surface area contributed by atoms with Crippen LogP contribution >= 0.6 is 23.2 Å². The van der Waals surface area contributed by atoms with Crippen molar-refractivity contribution in [2.24, 2.45) is 0 Å². The molecule has 0 bridgehead atoms. The summed E-state index contributed by atoms with van der Waals surface area (Å²) in [5, 5.41) is 31.1. The van der Waals surface area contributed by atoms with Gasteiger partial charge in [-0.25, -0.2) is 4.79 Å². The Morgan fingerprint density at radius 3 is 2.48 bits per heavy atom. The van der Waals surface area contributed by atoms with E-state index in [9.17, 15) is 25.0 Å². The first-order chi connectivity index (χ1) is 13.7. The SMILES string of the molecule is N#C/C(=C\c1cc(Cl)c(OCC(=O)O)c(Cl)c1)C(=O)Nc1cccc([N+](=O)[O-])c1. The molecule has 0 aliphatic carbocycles. The predicted molar refractivity (Wildman–Crippen MR) is 105 cm³/mol. The minimum Gasteiger partial charge on any atom is -0.479 e. The third-order valence-corrected chi connectivity index (χ3v) is 3.91. The molecule has 2 N–H and O–H groups in total. The van der Waals surface area contributed by atoms with Crippen LogP contribution < -0.4 is 10.1 Å². The number of carboxylic acids is 1. The van der Waals surface area contributed by atoms with Crippen LogP contribution in [0.3, 0.4) is 0 Å². The molecule has 0 heterocycles. The highest BCUT2D eigenvalue weighted by Crippen LogP contribution is 2.35. The quantitative estimate of drug-likeness (QED) is 0.290. The minimum absolute atomic E-state index is 0.0126. The molecule has 0 saturated carbocycles. The number of nitrogens with zero attached hydrogens (tertiary/aromatic N) is 2. The Morgan fingerprint density at radius 2 is 1.93 bits per heavy atom. The van der Waals surface area contributed by atoms with Crippen molar-refractivity contribution >= 4 is 52.5 Å². The molecule has 0 saturated heterocycles. The van der Waals surface area contributed by atoms with E-state index < -0.39 is 23.4 Å². The highest BCUT2D eigenvalue weighted by Gasteiger charge is 2.15. The van der Waals surface area contributed by atoms with E-state index in [1.54, 1.807) is 6.07 Å². The molecular weight excluding hydrogens is 425 g/mol. The number of aliphatic carboxylic acids is 1. The summed E-state index contributed by atoms with van der Waals surface area (Å²) >= 11 is 12.0. The van der Waals surface area contributed by atoms with Crippen LogP contribution in [0.25, 0.3) is 6.08 Å². The van der Waals surface area contributed by atoms with Crippen molar-refractivity contribution in [3.05, 3.63) is 67.7 Å². The molecule has 0 atom stereocenters. The van der Waals surface area contributed by atoms with E-state index in [1.807, 2.05) is 0 Å². The topological polar surface area (TPSA) is 143 Å². The zero-order chi connectivity index (χ0) is 21.6. The second kappa shape index (κ2) is 9.54. The number of anilines is 1. The first-order valence-corrected chi connectivity index (χ1v) is 8.48. The number of amides is 1. The van der Waals surface area contributed by atoms with Gasteiger partial charge in [0.2, 0.25) is 0 Å². The monoisotopic (exact) mass is 435 g/mol. The number of carbonyl (C=O) groups excluding carboxylic acids is 1. The number of hydrogen-bond acceptors (Lipinski definition) is 6. The maximum atomic E-state index is 12.3. The van der Waals surface area contributed by atoms with Gasteiger partial charge in [-0.15, -0.1) is 0 Å². The van der Waals surface area contributed by atoms with Gasteiger partial charge < -0.3 is 15.2 Å². The van der Waals surface area contributed by atoms with Crippen LogP contribution in [0, 0.1) is 21.4 Å². The molecule has 0 aliphatic heterocycles. The normalized spacial score (nSPS) is 10.7. The van der Waals surface area contributed by atoms with Gasteiger partial charge in [0.1, 0.15) is 11.6 Å². The molecule has 148 valence electrons. The molecule has 0 spiro atoms. The number of halogens is 2. The van der Waals surface area contributed by atoms with E-state index in [2.05, 4.69) is 5.32 Å². The Balaban J connectivity index is 2.26. The lowest BCUT2D eigenvalue weighted by atomic mass is 10.1. The number of nitriles is 1. The molecule has 0 unspecified atom stereocenters. The molecule has 2 aromatic rings. The Bertz CT molecular complexity index is 1040. The van der Waals surface area contributed by atoms with E-state index in [0.717, 1.165) is 6.07 Å². The van der Waals surface area contributed by atoms with Gasteiger partial charge in [0, 0.05) is 17.8 Å². The van der Waals surface area contributed by atoms with Gasteiger partial charge in [-0.1, -0.05) is 29.3 Å². The third-order valence-electron chi connectivity index (χ3n) is 3.35. The van der Waals surface area contributed by atoms with Crippen LogP contribution in [-0.2, 0) is 9.59 Å². The standard InChI is InChI=1S/C18H11Cl2N3O6/c19-14-5-10(6-15(20)17(14)29-9-16(24)25)4-11(8-21)18(26)22-12-2-1-3-13(7-12)23(27)28/h1-7H,9H2,(H,22,26)(H,24,25)/b11-4+. The smallest absolute Gasteiger partial charge is 0.341 e. The van der Waals surface area contributed by atoms with E-state index in [-0.39, 0.29) is 38.3 Å². The van der Waals surface area contributed by atoms with Crippen LogP contribution in [0.5, 0.6) is 5.75 Å². The fourth-order valence-corrected chi connectivity index (χ4v) is 2.76. The number of carbonyl (C=O) groups is 2. The first-order valence-electron chi connectivity index (χ1n) is 7.72. The van der Waals surface area contributed by atoms with Gasteiger partial charge in [-0.05, 0) is 29.8 Å². The molecule has 0 aromatic heterocycles. The van der Waals surface area contributed by atoms with Crippen LogP contribution in [0.2, 0.25) is 10.0 Å². The Morgan fingerprint density at radius 1 is 1.28 bits per heavy atom. The Kier molecular flexibility index (Phi) is 7.14. The molecule has 29 heavy (non-hydrogen) atoms. The summed E-state index contributed by atoms with van der Waals surface area (Å²) in [5.41, 5.74) is -0.115. The van der Waals surface area contributed by atoms with E-state index >= 15 is 0 Å². The van der Waals surface area contributed by atoms with E-state index in [1.165, 1.54) is 36.4 Å². The van der Waals surface area contributed by atoms with Gasteiger partial charge in [0.15, 0.2) is 12.4 Å². The molecule has 2 aromatic carbocycles. The summed E-state index contributed by atoms with van der Waals surface area (Å²) in [7, 11) is 0. The lowest BCUT2D eigenvalue weighted by molar-refractivity contribution is -0.384. The first kappa shape index (κ1) is 21.7. The Labute approximate surface area is 173 Å². The summed E-state index contributed by atoms with van der Waals surface area (Å²) in [6.07, 6.45) is 1.20. The zero-order valence-corrected chi connectivity index (χ0v) is 15.9. The number of ether oxygens (including phenoxy) is 1. The molecule has 9 nitrogen and oxygen atoms in total. The lowest BCUT2D eigenvalue weighted by Gasteiger charge is -2.09. The van der Waals surface area contributed by atoms with Gasteiger partial charge in [0.25, 0.3) is 11.6 Å². The van der Waals surface area contributed by atoms with Crippen LogP contribution in [0.15, 0.2) is 42.0 Å². The summed E-state index contributed by atoms with van der Waals surface area (Å²) < 4.78 is 4.99. The van der Waals surface area contributed by atoms with E-state index in [0.29, 0.717) is 0 Å². The maximum Gasteiger partial charge on any atom is 0.341 e. The molecule has 1 amide bonds. The summed E-state index contributed by atoms with van der Waals surface area (Å²) in [6.45, 7) is -0.649. The van der Waals surface area contributed by atoms with Gasteiger partial charge in [-0.3, -0.25) is 14.9 Å². The average Bonchev–Trinajstić information content (AvgIpc) is 2.65. The predicted octanol–water partition coefficient (Wildman–Crippen LogP) is 3.91. The lowest BCUT2D eigenvalue weighted by Crippen LogP contribution is -2.13. The highest BCUT2D eigenvalue weighted by atomic mass is 35.5. The number of nitrogens with one attached hydrogen (secondary N) is 1. The number of nitro benzene ring substituents is 1. The fourth-order valence-electron chi connectivity index (χ4n) is 2.15. The maximum absolute atomic E-state index is 12.3. The van der Waals surface area contributed by atoms with Crippen molar-refractivity contribution < 1.29 is 24.4 Å². The third kappa shape index (κ3) is 5.93. The number of hydrogen-bond donors (Lipinski definition) is 2. The van der Waals surface area contributed by atoms with Gasteiger partial charge in [0.05, 0.1) is 15.0 Å². The minimum atomic E-state index is -1.22. The zero-order valence-electron chi connectivity index (χ0n) is 14.4. The van der Waals surface area contributed by atoms with Crippen molar-refractivity contribution in [3.63, 3.8) is 0 Å². The second-order valence-corrected chi connectivity index (χ2v) is 6.24. The molecule has 0 aliphatic rings. The van der Waals surface area contributed by atoms with Gasteiger partial charge >= 0.3 is 5.97 Å². The van der Waals surface area contributed by atoms with Crippen molar-refractivity contribution in [2.45, 2.75) is 0 Å². The molecular formula is C18H11Cl2N3O6. The summed E-state index contributed by atoms with van der Waals surface area (Å²) in [4.78, 5) is 33.1. The molecule has 0 fully saturated rings. The summed E-state index contributed by atoms with van der Waals surface area (Å²) in [6, 6.07) is 9.62. The van der Waals surface area contributed by atoms with Gasteiger partial charge in [-0.2, -0.15) is 5.26 Å². The van der Waals surface area contributed by atoms with Crippen LogP contribution in [0.4, 0.5) is 11.4 Å². The molecule has 11 heteroatoms. The second-order valence-electron chi connectivity index (χ2n) is 5.43. The van der Waals surface area contributed by atoms with Crippen molar-refractivity contribution in [3.8, 4) is 11.8 Å². The average molecular weight is 436 g/mol.